The van der Waals surface area contributed by atoms with Gasteiger partial charge < -0.3 is 9.30 Å². The molecule has 4 rings (SSSR count). The van der Waals surface area contributed by atoms with E-state index < -0.39 is 11.8 Å². The Kier molecular flexibility index (Phi) is 6.50. The summed E-state index contributed by atoms with van der Waals surface area (Å²) in [5.41, 5.74) is 8.80. The van der Waals surface area contributed by atoms with Crippen LogP contribution in [0.5, 0.6) is 5.75 Å². The first-order valence-corrected chi connectivity index (χ1v) is 10.5. The number of ether oxygens (including phenoxy) is 1. The van der Waals surface area contributed by atoms with Crippen LogP contribution in [0.15, 0.2) is 85.1 Å². The number of carbonyl (C=O) groups excluding carboxylic acids is 2. The smallest absolute Gasteiger partial charge is 0.276 e. The highest BCUT2D eigenvalue weighted by atomic mass is 16.5. The lowest BCUT2D eigenvalue weighted by Crippen LogP contribution is -2.44. The molecule has 2 N–H and O–H groups in total. The SMILES string of the molecule is Cc1cc(C(=O)NNC(=O)COc2ccccc2-c2ccccc2)c(C)n1-c1ccccn1. The number of para-hydroxylation sites is 1. The van der Waals surface area contributed by atoms with Crippen LogP contribution in [-0.2, 0) is 4.79 Å². The maximum Gasteiger partial charge on any atom is 0.276 e. The summed E-state index contributed by atoms with van der Waals surface area (Å²) >= 11 is 0. The van der Waals surface area contributed by atoms with Crippen molar-refractivity contribution in [3.63, 3.8) is 0 Å². The van der Waals surface area contributed by atoms with Gasteiger partial charge >= 0.3 is 0 Å². The lowest BCUT2D eigenvalue weighted by atomic mass is 10.1. The molecule has 4 aromatic rings. The molecule has 7 nitrogen and oxygen atoms in total. The second-order valence-electron chi connectivity index (χ2n) is 7.46. The Hall–Kier alpha value is -4.39. The molecule has 2 aromatic heterocycles. The fourth-order valence-corrected chi connectivity index (χ4v) is 3.65. The van der Waals surface area contributed by atoms with E-state index in [1.165, 1.54) is 0 Å². The summed E-state index contributed by atoms with van der Waals surface area (Å²) < 4.78 is 7.61. The van der Waals surface area contributed by atoms with Crippen LogP contribution >= 0.6 is 0 Å². The predicted octanol–water partition coefficient (Wildman–Crippen LogP) is 4.00. The zero-order valence-corrected chi connectivity index (χ0v) is 18.4. The van der Waals surface area contributed by atoms with Crippen LogP contribution < -0.4 is 15.6 Å². The van der Waals surface area contributed by atoms with Crippen LogP contribution in [0.1, 0.15) is 21.7 Å². The first-order chi connectivity index (χ1) is 16.0. The molecular formula is C26H24N4O3. The van der Waals surface area contributed by atoms with Crippen LogP contribution in [-0.4, -0.2) is 28.0 Å². The molecule has 7 heteroatoms. The van der Waals surface area contributed by atoms with Gasteiger partial charge in [0.15, 0.2) is 6.61 Å². The summed E-state index contributed by atoms with van der Waals surface area (Å²) in [6.07, 6.45) is 1.70. The largest absolute Gasteiger partial charge is 0.483 e. The van der Waals surface area contributed by atoms with Gasteiger partial charge in [-0.1, -0.05) is 54.6 Å². The van der Waals surface area contributed by atoms with E-state index >= 15 is 0 Å². The third kappa shape index (κ3) is 4.93. The van der Waals surface area contributed by atoms with Crippen molar-refractivity contribution in [1.82, 2.24) is 20.4 Å². The van der Waals surface area contributed by atoms with Gasteiger partial charge in [-0.15, -0.1) is 0 Å². The number of pyridine rings is 1. The topological polar surface area (TPSA) is 85.3 Å². The molecule has 0 aliphatic heterocycles. The molecule has 0 aliphatic rings. The molecule has 0 spiro atoms. The number of amides is 2. The third-order valence-electron chi connectivity index (χ3n) is 5.20. The Labute approximate surface area is 192 Å². The molecule has 2 heterocycles. The number of carbonyl (C=O) groups is 2. The molecule has 0 bridgehead atoms. The van der Waals surface area contributed by atoms with Crippen LogP contribution in [0.25, 0.3) is 16.9 Å². The van der Waals surface area contributed by atoms with E-state index in [1.54, 1.807) is 18.3 Å². The van der Waals surface area contributed by atoms with Crippen molar-refractivity contribution < 1.29 is 14.3 Å². The van der Waals surface area contributed by atoms with Crippen molar-refractivity contribution in [2.75, 3.05) is 6.61 Å². The predicted molar refractivity (Wildman–Crippen MR) is 126 cm³/mol. The molecule has 2 aromatic carbocycles. The third-order valence-corrected chi connectivity index (χ3v) is 5.20. The monoisotopic (exact) mass is 440 g/mol. The molecule has 0 fully saturated rings. The van der Waals surface area contributed by atoms with Crippen molar-refractivity contribution >= 4 is 11.8 Å². The normalized spacial score (nSPS) is 10.5. The minimum atomic E-state index is -0.468. The lowest BCUT2D eigenvalue weighted by molar-refractivity contribution is -0.123. The maximum absolute atomic E-state index is 12.7. The van der Waals surface area contributed by atoms with Crippen LogP contribution in [0.2, 0.25) is 0 Å². The first kappa shape index (κ1) is 21.8. The number of hydrogen-bond acceptors (Lipinski definition) is 4. The Morgan fingerprint density at radius 1 is 0.909 bits per heavy atom. The van der Waals surface area contributed by atoms with Crippen LogP contribution in [0.4, 0.5) is 0 Å². The van der Waals surface area contributed by atoms with Gasteiger partial charge in [-0.3, -0.25) is 20.4 Å². The molecular weight excluding hydrogens is 416 g/mol. The number of aromatic nitrogens is 2. The van der Waals surface area contributed by atoms with E-state index in [0.717, 1.165) is 28.3 Å². The minimum absolute atomic E-state index is 0.239. The number of hydrazine groups is 1. The van der Waals surface area contributed by atoms with Crippen molar-refractivity contribution in [3.8, 4) is 22.7 Å². The molecule has 2 amide bonds. The molecule has 0 atom stereocenters. The van der Waals surface area contributed by atoms with Gasteiger partial charge in [-0.05, 0) is 43.7 Å². The highest BCUT2D eigenvalue weighted by molar-refractivity contribution is 5.97. The van der Waals surface area contributed by atoms with E-state index in [4.69, 9.17) is 4.74 Å². The van der Waals surface area contributed by atoms with E-state index in [2.05, 4.69) is 15.8 Å². The molecule has 0 saturated carbocycles. The van der Waals surface area contributed by atoms with Crippen molar-refractivity contribution in [1.29, 1.82) is 0 Å². The minimum Gasteiger partial charge on any atom is -0.483 e. The van der Waals surface area contributed by atoms with Crippen molar-refractivity contribution in [3.05, 3.63) is 102 Å². The summed E-state index contributed by atoms with van der Waals surface area (Å²) in [4.78, 5) is 29.3. The number of rotatable bonds is 6. The fraction of sp³-hybridized carbons (Fsp3) is 0.115. The molecule has 166 valence electrons. The molecule has 0 radical (unpaired) electrons. The summed E-state index contributed by atoms with van der Waals surface area (Å²) in [6, 6.07) is 24.6. The lowest BCUT2D eigenvalue weighted by Gasteiger charge is -2.12. The highest BCUT2D eigenvalue weighted by Crippen LogP contribution is 2.29. The summed E-state index contributed by atoms with van der Waals surface area (Å²) in [5, 5.41) is 0. The fourth-order valence-electron chi connectivity index (χ4n) is 3.65. The zero-order valence-electron chi connectivity index (χ0n) is 18.4. The highest BCUT2D eigenvalue weighted by Gasteiger charge is 2.18. The van der Waals surface area contributed by atoms with Crippen LogP contribution in [0.3, 0.4) is 0 Å². The molecule has 33 heavy (non-hydrogen) atoms. The zero-order chi connectivity index (χ0) is 23.2. The van der Waals surface area contributed by atoms with E-state index in [9.17, 15) is 9.59 Å². The van der Waals surface area contributed by atoms with Crippen LogP contribution in [0, 0.1) is 13.8 Å². The Morgan fingerprint density at radius 2 is 1.64 bits per heavy atom. The van der Waals surface area contributed by atoms with E-state index in [-0.39, 0.29) is 6.61 Å². The van der Waals surface area contributed by atoms with Gasteiger partial charge in [0.1, 0.15) is 11.6 Å². The van der Waals surface area contributed by atoms with Gasteiger partial charge in [-0.25, -0.2) is 4.98 Å². The molecule has 0 aliphatic carbocycles. The quantitative estimate of drug-likeness (QED) is 0.444. The second-order valence-corrected chi connectivity index (χ2v) is 7.46. The Morgan fingerprint density at radius 3 is 2.39 bits per heavy atom. The number of nitrogens with one attached hydrogen (secondary N) is 2. The van der Waals surface area contributed by atoms with Gasteiger partial charge in [-0.2, -0.15) is 0 Å². The van der Waals surface area contributed by atoms with Gasteiger partial charge in [0.25, 0.3) is 11.8 Å². The second kappa shape index (κ2) is 9.82. The first-order valence-electron chi connectivity index (χ1n) is 10.5. The van der Waals surface area contributed by atoms with Gasteiger partial charge in [0.05, 0.1) is 5.56 Å². The Balaban J connectivity index is 1.38. The molecule has 0 unspecified atom stereocenters. The van der Waals surface area contributed by atoms with E-state index in [0.29, 0.717) is 11.3 Å². The standard InChI is InChI=1S/C26H24N4O3/c1-18-16-22(19(2)30(18)24-14-8-9-15-27-24)26(32)29-28-25(31)17-33-23-13-7-6-12-21(23)20-10-4-3-5-11-20/h3-16H,17H2,1-2H3,(H,28,31)(H,29,32). The summed E-state index contributed by atoms with van der Waals surface area (Å²) in [7, 11) is 0. The summed E-state index contributed by atoms with van der Waals surface area (Å²) in [6.45, 7) is 3.49. The average molecular weight is 441 g/mol. The average Bonchev–Trinajstić information content (AvgIpc) is 3.16. The molecule has 0 saturated heterocycles. The van der Waals surface area contributed by atoms with Crippen molar-refractivity contribution in [2.24, 2.45) is 0 Å². The number of nitrogens with zero attached hydrogens (tertiary/aromatic N) is 2. The summed E-state index contributed by atoms with van der Waals surface area (Å²) in [5.74, 6) is 0.429. The number of hydrogen-bond donors (Lipinski definition) is 2. The van der Waals surface area contributed by atoms with Gasteiger partial charge in [0, 0.05) is 23.1 Å². The van der Waals surface area contributed by atoms with Crippen molar-refractivity contribution in [2.45, 2.75) is 13.8 Å². The number of aryl methyl sites for hydroxylation is 1. The van der Waals surface area contributed by atoms with E-state index in [1.807, 2.05) is 85.1 Å². The maximum atomic E-state index is 12.7. The Bertz CT molecular complexity index is 1270. The number of benzene rings is 2. The van der Waals surface area contributed by atoms with Gasteiger partial charge in [0.2, 0.25) is 0 Å².